The number of fused-ring (bicyclic) bond motifs is 2. The molecule has 3 aromatic rings. The lowest BCUT2D eigenvalue weighted by atomic mass is 10.1. The van der Waals surface area contributed by atoms with E-state index in [1.165, 1.54) is 27.6 Å². The number of hydrogen-bond acceptors (Lipinski definition) is 1. The van der Waals surface area contributed by atoms with Gasteiger partial charge in [0.2, 0.25) is 0 Å². The van der Waals surface area contributed by atoms with Crippen molar-refractivity contribution in [1.82, 2.24) is 4.57 Å². The summed E-state index contributed by atoms with van der Waals surface area (Å²) in [5, 5.41) is 1.33. The number of ether oxygens (including phenoxy) is 1. The molecule has 0 atom stereocenters. The molecule has 4 rings (SSSR count). The number of aromatic nitrogens is 1. The molecule has 2 aromatic carbocycles. The third-order valence-corrected chi connectivity index (χ3v) is 4.32. The Hall–Kier alpha value is -2.22. The summed E-state index contributed by atoms with van der Waals surface area (Å²) in [5.74, 6) is 1.07. The van der Waals surface area contributed by atoms with Crippen molar-refractivity contribution in [1.29, 1.82) is 0 Å². The number of hydrogen-bond donors (Lipinski definition) is 0. The maximum atomic E-state index is 5.57. The quantitative estimate of drug-likeness (QED) is 0.702. The topological polar surface area (TPSA) is 14.2 Å². The van der Waals surface area contributed by atoms with Crippen LogP contribution in [0, 0.1) is 6.92 Å². The van der Waals surface area contributed by atoms with Gasteiger partial charge in [0.05, 0.1) is 6.61 Å². The van der Waals surface area contributed by atoms with Crippen LogP contribution in [0.2, 0.25) is 0 Å². The molecule has 0 N–H and O–H groups in total. The fourth-order valence-corrected chi connectivity index (χ4v) is 3.16. The zero-order valence-corrected chi connectivity index (χ0v) is 12.3. The Morgan fingerprint density at radius 3 is 3.00 bits per heavy atom. The molecule has 0 aliphatic carbocycles. The van der Waals surface area contributed by atoms with E-state index in [0.29, 0.717) is 0 Å². The number of benzene rings is 2. The Labute approximate surface area is 125 Å². The van der Waals surface area contributed by atoms with Gasteiger partial charge in [-0.2, -0.15) is 0 Å². The van der Waals surface area contributed by atoms with Crippen molar-refractivity contribution in [3.05, 3.63) is 65.4 Å². The monoisotopic (exact) mass is 277 g/mol. The highest BCUT2D eigenvalue weighted by Gasteiger charge is 2.12. The van der Waals surface area contributed by atoms with Gasteiger partial charge < -0.3 is 9.30 Å². The summed E-state index contributed by atoms with van der Waals surface area (Å²) in [5.41, 5.74) is 5.40. The van der Waals surface area contributed by atoms with E-state index in [1.807, 2.05) is 0 Å². The summed E-state index contributed by atoms with van der Waals surface area (Å²) in [7, 11) is 0. The Morgan fingerprint density at radius 1 is 1.10 bits per heavy atom. The molecule has 0 unspecified atom stereocenters. The Kier molecular flexibility index (Phi) is 2.95. The van der Waals surface area contributed by atoms with Gasteiger partial charge in [-0.25, -0.2) is 0 Å². The normalized spacial score (nSPS) is 13.4. The maximum absolute atomic E-state index is 5.57. The van der Waals surface area contributed by atoms with Gasteiger partial charge in [-0.15, -0.1) is 0 Å². The molecule has 0 saturated heterocycles. The summed E-state index contributed by atoms with van der Waals surface area (Å²) >= 11 is 0. The molecule has 0 amide bonds. The molecule has 0 radical (unpaired) electrons. The van der Waals surface area contributed by atoms with Crippen LogP contribution in [0.5, 0.6) is 5.75 Å². The minimum atomic E-state index is 0.834. The van der Waals surface area contributed by atoms with Crippen LogP contribution in [0.3, 0.4) is 0 Å². The second-order valence-electron chi connectivity index (χ2n) is 5.86. The lowest BCUT2D eigenvalue weighted by Crippen LogP contribution is -2.00. The van der Waals surface area contributed by atoms with Crippen molar-refractivity contribution in [2.75, 3.05) is 6.61 Å². The molecule has 2 heterocycles. The minimum absolute atomic E-state index is 0.834. The molecule has 0 saturated carbocycles. The fraction of sp³-hybridized carbons (Fsp3) is 0.263. The Bertz CT molecular complexity index is 800. The molecule has 2 heteroatoms. The van der Waals surface area contributed by atoms with E-state index in [-0.39, 0.29) is 0 Å². The summed E-state index contributed by atoms with van der Waals surface area (Å²) in [6, 6.07) is 15.5. The highest BCUT2D eigenvalue weighted by molar-refractivity contribution is 5.80. The van der Waals surface area contributed by atoms with E-state index in [2.05, 4.69) is 60.2 Å². The predicted octanol–water partition coefficient (Wildman–Crippen LogP) is 4.13. The van der Waals surface area contributed by atoms with Crippen LogP contribution in [0.15, 0.2) is 48.7 Å². The zero-order valence-electron chi connectivity index (χ0n) is 12.3. The first-order valence-corrected chi connectivity index (χ1v) is 7.60. The first-order valence-electron chi connectivity index (χ1n) is 7.60. The Balaban J connectivity index is 1.55. The Morgan fingerprint density at radius 2 is 2.05 bits per heavy atom. The van der Waals surface area contributed by atoms with Crippen LogP contribution in [-0.4, -0.2) is 11.2 Å². The van der Waals surface area contributed by atoms with Crippen molar-refractivity contribution in [2.45, 2.75) is 26.3 Å². The number of rotatable bonds is 3. The molecule has 106 valence electrons. The summed E-state index contributed by atoms with van der Waals surface area (Å²) in [6.45, 7) is 4.00. The average molecular weight is 277 g/mol. The van der Waals surface area contributed by atoms with Gasteiger partial charge in [-0.1, -0.05) is 23.8 Å². The first kappa shape index (κ1) is 12.5. The van der Waals surface area contributed by atoms with E-state index in [9.17, 15) is 0 Å². The van der Waals surface area contributed by atoms with Gasteiger partial charge in [-0.05, 0) is 54.1 Å². The number of nitrogens with zero attached hydrogens (tertiary/aromatic N) is 1. The van der Waals surface area contributed by atoms with E-state index in [0.717, 1.165) is 31.7 Å². The van der Waals surface area contributed by atoms with Gasteiger partial charge in [0.1, 0.15) is 5.75 Å². The molecule has 1 aromatic heterocycles. The van der Waals surface area contributed by atoms with Crippen molar-refractivity contribution < 1.29 is 4.74 Å². The third-order valence-electron chi connectivity index (χ3n) is 4.32. The van der Waals surface area contributed by atoms with Gasteiger partial charge in [0.25, 0.3) is 0 Å². The van der Waals surface area contributed by atoms with Crippen LogP contribution >= 0.6 is 0 Å². The average Bonchev–Trinajstić information content (AvgIpc) is 3.10. The molecule has 21 heavy (non-hydrogen) atoms. The molecule has 1 aliphatic rings. The standard InChI is InChI=1S/C19H19NO/c1-14-2-4-18-16(12-14)7-10-20(18)9-6-15-3-5-19-17(13-15)8-11-21-19/h2-5,7,10,12-13H,6,8-9,11H2,1H3. The number of aryl methyl sites for hydroxylation is 3. The van der Waals surface area contributed by atoms with Gasteiger partial charge in [0, 0.05) is 24.7 Å². The smallest absolute Gasteiger partial charge is 0.122 e. The van der Waals surface area contributed by atoms with E-state index < -0.39 is 0 Å². The third kappa shape index (κ3) is 2.31. The molecule has 0 fully saturated rings. The zero-order chi connectivity index (χ0) is 14.2. The minimum Gasteiger partial charge on any atom is -0.493 e. The maximum Gasteiger partial charge on any atom is 0.122 e. The lowest BCUT2D eigenvalue weighted by Gasteiger charge is -2.07. The van der Waals surface area contributed by atoms with Crippen molar-refractivity contribution in [3.8, 4) is 5.75 Å². The summed E-state index contributed by atoms with van der Waals surface area (Å²) < 4.78 is 7.91. The van der Waals surface area contributed by atoms with E-state index in [1.54, 1.807) is 0 Å². The van der Waals surface area contributed by atoms with Crippen molar-refractivity contribution in [3.63, 3.8) is 0 Å². The van der Waals surface area contributed by atoms with E-state index >= 15 is 0 Å². The van der Waals surface area contributed by atoms with Crippen LogP contribution in [-0.2, 0) is 19.4 Å². The van der Waals surface area contributed by atoms with Crippen LogP contribution in [0.1, 0.15) is 16.7 Å². The van der Waals surface area contributed by atoms with Crippen LogP contribution in [0.25, 0.3) is 10.9 Å². The molecular formula is C19H19NO. The van der Waals surface area contributed by atoms with E-state index in [4.69, 9.17) is 4.74 Å². The highest BCUT2D eigenvalue weighted by Crippen LogP contribution is 2.26. The molecule has 2 nitrogen and oxygen atoms in total. The van der Waals surface area contributed by atoms with Gasteiger partial charge >= 0.3 is 0 Å². The molecular weight excluding hydrogens is 258 g/mol. The summed E-state index contributed by atoms with van der Waals surface area (Å²) in [6.07, 6.45) is 4.31. The second kappa shape index (κ2) is 4.96. The second-order valence-corrected chi connectivity index (χ2v) is 5.86. The molecule has 0 bridgehead atoms. The van der Waals surface area contributed by atoms with Crippen LogP contribution < -0.4 is 4.74 Å². The van der Waals surface area contributed by atoms with Crippen molar-refractivity contribution in [2.24, 2.45) is 0 Å². The largest absolute Gasteiger partial charge is 0.493 e. The van der Waals surface area contributed by atoms with Crippen molar-refractivity contribution >= 4 is 10.9 Å². The molecule has 0 spiro atoms. The predicted molar refractivity (Wildman–Crippen MR) is 86.0 cm³/mol. The first-order chi connectivity index (χ1) is 10.3. The van der Waals surface area contributed by atoms with Gasteiger partial charge in [-0.3, -0.25) is 0 Å². The highest BCUT2D eigenvalue weighted by atomic mass is 16.5. The molecule has 1 aliphatic heterocycles. The lowest BCUT2D eigenvalue weighted by molar-refractivity contribution is 0.357. The van der Waals surface area contributed by atoms with Gasteiger partial charge in [0.15, 0.2) is 0 Å². The SMILES string of the molecule is Cc1ccc2c(ccn2CCc2ccc3c(c2)CCO3)c1. The summed E-state index contributed by atoms with van der Waals surface area (Å²) in [4.78, 5) is 0. The fourth-order valence-electron chi connectivity index (χ4n) is 3.16. The van der Waals surface area contributed by atoms with Crippen LogP contribution in [0.4, 0.5) is 0 Å².